The molecule has 5 heteroatoms. The van der Waals surface area contributed by atoms with Crippen molar-refractivity contribution >= 4 is 0 Å². The van der Waals surface area contributed by atoms with Crippen LogP contribution in [0.1, 0.15) is 96.6 Å². The molecule has 1 heterocycles. The first-order valence-corrected chi connectivity index (χ1v) is 13.1. The van der Waals surface area contributed by atoms with E-state index in [1.807, 2.05) is 6.07 Å². The Hall–Kier alpha value is -2.04. The van der Waals surface area contributed by atoms with Crippen molar-refractivity contribution in [3.05, 3.63) is 41.6 Å². The monoisotopic (exact) mass is 458 g/mol. The number of hydrogen-bond donors (Lipinski definition) is 0. The van der Waals surface area contributed by atoms with Gasteiger partial charge in [-0.15, -0.1) is 0 Å². The van der Waals surface area contributed by atoms with E-state index in [4.69, 9.17) is 4.74 Å². The topological polar surface area (TPSA) is 35.0 Å². The van der Waals surface area contributed by atoms with Crippen molar-refractivity contribution in [2.75, 3.05) is 6.61 Å². The normalized spacial score (nSPS) is 18.4. The lowest BCUT2D eigenvalue weighted by atomic mass is 9.78. The van der Waals surface area contributed by atoms with Crippen LogP contribution in [0.25, 0.3) is 11.3 Å². The third-order valence-electron chi connectivity index (χ3n) is 7.04. The molecule has 1 saturated carbocycles. The van der Waals surface area contributed by atoms with Crippen molar-refractivity contribution in [2.24, 2.45) is 11.8 Å². The van der Waals surface area contributed by atoms with Gasteiger partial charge in [-0.2, -0.15) is 14.6 Å². The van der Waals surface area contributed by atoms with Crippen molar-refractivity contribution in [3.8, 4) is 17.0 Å². The standard InChI is InChI=1S/C28H40F2N2O/c1-3-5-7-9-21-10-12-22(13-11-21)14-15-23-16-18-25(32-31-23)24-17-19-26(28(30)27(24)29)33-20-8-6-4-2/h16-19,21-22H,3-15,20H2,1-2H3. The van der Waals surface area contributed by atoms with E-state index in [0.717, 1.165) is 49.6 Å². The molecule has 1 aliphatic rings. The van der Waals surface area contributed by atoms with Gasteiger partial charge in [0.05, 0.1) is 18.0 Å². The number of aromatic nitrogens is 2. The molecule has 1 aromatic carbocycles. The van der Waals surface area contributed by atoms with Crippen LogP contribution in [-0.2, 0) is 6.42 Å². The Morgan fingerprint density at radius 2 is 1.48 bits per heavy atom. The van der Waals surface area contributed by atoms with Gasteiger partial charge < -0.3 is 4.74 Å². The third-order valence-corrected chi connectivity index (χ3v) is 7.04. The number of nitrogens with zero attached hydrogens (tertiary/aromatic N) is 2. The van der Waals surface area contributed by atoms with Crippen LogP contribution in [0.3, 0.4) is 0 Å². The van der Waals surface area contributed by atoms with Crippen molar-refractivity contribution in [1.82, 2.24) is 10.2 Å². The van der Waals surface area contributed by atoms with E-state index in [9.17, 15) is 8.78 Å². The highest BCUT2D eigenvalue weighted by Gasteiger charge is 2.21. The highest BCUT2D eigenvalue weighted by atomic mass is 19.2. The van der Waals surface area contributed by atoms with E-state index in [1.54, 1.807) is 6.07 Å². The SMILES string of the molecule is CCCCCOc1ccc(-c2ccc(CCC3CCC(CCCCC)CC3)nn2)c(F)c1F. The zero-order valence-corrected chi connectivity index (χ0v) is 20.4. The molecule has 0 unspecified atom stereocenters. The number of rotatable bonds is 13. The highest BCUT2D eigenvalue weighted by Crippen LogP contribution is 2.34. The maximum Gasteiger partial charge on any atom is 0.201 e. The molecule has 1 aliphatic carbocycles. The molecule has 3 rings (SSSR count). The smallest absolute Gasteiger partial charge is 0.201 e. The summed E-state index contributed by atoms with van der Waals surface area (Å²) in [4.78, 5) is 0. The molecule has 0 aliphatic heterocycles. The van der Waals surface area contributed by atoms with Gasteiger partial charge in [-0.1, -0.05) is 78.1 Å². The van der Waals surface area contributed by atoms with E-state index in [-0.39, 0.29) is 11.3 Å². The second-order valence-corrected chi connectivity index (χ2v) is 9.63. The number of halogens is 2. The highest BCUT2D eigenvalue weighted by molar-refractivity contribution is 5.61. The Labute approximate surface area is 198 Å². The van der Waals surface area contributed by atoms with Crippen molar-refractivity contribution in [3.63, 3.8) is 0 Å². The summed E-state index contributed by atoms with van der Waals surface area (Å²) in [7, 11) is 0. The van der Waals surface area contributed by atoms with Crippen LogP contribution in [0.2, 0.25) is 0 Å². The second-order valence-electron chi connectivity index (χ2n) is 9.63. The van der Waals surface area contributed by atoms with Gasteiger partial charge in [-0.3, -0.25) is 0 Å². The molecule has 1 fully saturated rings. The van der Waals surface area contributed by atoms with Gasteiger partial charge in [-0.05, 0) is 55.4 Å². The van der Waals surface area contributed by atoms with Crippen LogP contribution in [0, 0.1) is 23.5 Å². The van der Waals surface area contributed by atoms with Gasteiger partial charge in [0.2, 0.25) is 5.82 Å². The predicted molar refractivity (Wildman–Crippen MR) is 130 cm³/mol. The zero-order chi connectivity index (χ0) is 23.5. The number of benzene rings is 1. The Kier molecular flexibility index (Phi) is 10.6. The van der Waals surface area contributed by atoms with Crippen LogP contribution in [0.15, 0.2) is 24.3 Å². The van der Waals surface area contributed by atoms with Gasteiger partial charge in [0.25, 0.3) is 0 Å². The lowest BCUT2D eigenvalue weighted by Crippen LogP contribution is -2.15. The zero-order valence-electron chi connectivity index (χ0n) is 20.4. The molecular formula is C28H40F2N2O. The molecular weight excluding hydrogens is 418 g/mol. The van der Waals surface area contributed by atoms with Crippen LogP contribution >= 0.6 is 0 Å². The fourth-order valence-electron chi connectivity index (χ4n) is 4.86. The van der Waals surface area contributed by atoms with Crippen molar-refractivity contribution in [1.29, 1.82) is 0 Å². The molecule has 0 N–H and O–H groups in total. The van der Waals surface area contributed by atoms with Gasteiger partial charge in [-0.25, -0.2) is 4.39 Å². The molecule has 0 radical (unpaired) electrons. The average Bonchev–Trinajstić information content (AvgIpc) is 2.84. The number of hydrogen-bond acceptors (Lipinski definition) is 3. The molecule has 3 nitrogen and oxygen atoms in total. The third kappa shape index (κ3) is 7.75. The molecule has 0 atom stereocenters. The first-order valence-electron chi connectivity index (χ1n) is 13.1. The van der Waals surface area contributed by atoms with Crippen LogP contribution in [0.4, 0.5) is 8.78 Å². The van der Waals surface area contributed by atoms with Crippen LogP contribution in [-0.4, -0.2) is 16.8 Å². The fourth-order valence-corrected chi connectivity index (χ4v) is 4.86. The lowest BCUT2D eigenvalue weighted by molar-refractivity contribution is 0.248. The Bertz CT molecular complexity index is 833. The summed E-state index contributed by atoms with van der Waals surface area (Å²) in [6.07, 6.45) is 15.7. The molecule has 0 bridgehead atoms. The fraction of sp³-hybridized carbons (Fsp3) is 0.643. The van der Waals surface area contributed by atoms with E-state index in [0.29, 0.717) is 12.3 Å². The maximum atomic E-state index is 14.6. The van der Waals surface area contributed by atoms with Crippen LogP contribution in [0.5, 0.6) is 5.75 Å². The van der Waals surface area contributed by atoms with Crippen molar-refractivity contribution < 1.29 is 13.5 Å². The van der Waals surface area contributed by atoms with Gasteiger partial charge in [0.1, 0.15) is 0 Å². The molecule has 1 aromatic heterocycles. The first kappa shape index (κ1) is 25.6. The van der Waals surface area contributed by atoms with E-state index >= 15 is 0 Å². The average molecular weight is 459 g/mol. The summed E-state index contributed by atoms with van der Waals surface area (Å²) in [6, 6.07) is 6.64. The van der Waals surface area contributed by atoms with E-state index in [2.05, 4.69) is 24.0 Å². The summed E-state index contributed by atoms with van der Waals surface area (Å²) in [5.41, 5.74) is 1.38. The Balaban J connectivity index is 1.49. The largest absolute Gasteiger partial charge is 0.490 e. The van der Waals surface area contributed by atoms with Gasteiger partial charge in [0, 0.05) is 5.56 Å². The summed E-state index contributed by atoms with van der Waals surface area (Å²) >= 11 is 0. The van der Waals surface area contributed by atoms with Gasteiger partial charge in [0.15, 0.2) is 11.6 Å². The molecule has 2 aromatic rings. The van der Waals surface area contributed by atoms with E-state index in [1.165, 1.54) is 63.5 Å². The minimum Gasteiger partial charge on any atom is -0.490 e. The van der Waals surface area contributed by atoms with Gasteiger partial charge >= 0.3 is 0 Å². The summed E-state index contributed by atoms with van der Waals surface area (Å²) in [6.45, 7) is 4.74. The predicted octanol–water partition coefficient (Wildman–Crippen LogP) is 8.31. The maximum absolute atomic E-state index is 14.6. The molecule has 33 heavy (non-hydrogen) atoms. The number of unbranched alkanes of at least 4 members (excludes halogenated alkanes) is 4. The summed E-state index contributed by atoms with van der Waals surface area (Å²) < 4.78 is 34.4. The molecule has 0 amide bonds. The Morgan fingerprint density at radius 1 is 0.788 bits per heavy atom. The molecule has 0 spiro atoms. The van der Waals surface area contributed by atoms with Crippen LogP contribution < -0.4 is 4.74 Å². The van der Waals surface area contributed by atoms with Crippen molar-refractivity contribution in [2.45, 2.75) is 97.3 Å². The summed E-state index contributed by atoms with van der Waals surface area (Å²) in [5.74, 6) is -0.237. The minimum atomic E-state index is -0.958. The second kappa shape index (κ2) is 13.6. The minimum absolute atomic E-state index is 0.0444. The Morgan fingerprint density at radius 3 is 2.15 bits per heavy atom. The molecule has 0 saturated heterocycles. The number of aryl methyl sites for hydroxylation is 1. The summed E-state index contributed by atoms with van der Waals surface area (Å²) in [5, 5.41) is 8.48. The number of ether oxygens (including phenoxy) is 1. The lowest BCUT2D eigenvalue weighted by Gasteiger charge is -2.28. The van der Waals surface area contributed by atoms with E-state index < -0.39 is 11.6 Å². The quantitative estimate of drug-likeness (QED) is 0.283. The first-order chi connectivity index (χ1) is 16.1. The molecule has 182 valence electrons.